The summed E-state index contributed by atoms with van der Waals surface area (Å²) in [4.78, 5) is 27.7. The number of hydrogen-bond donors (Lipinski definition) is 3. The highest BCUT2D eigenvalue weighted by atomic mass is 16.4. The zero-order chi connectivity index (χ0) is 15.5. The molecule has 1 saturated heterocycles. The van der Waals surface area contributed by atoms with Gasteiger partial charge in [-0.3, -0.25) is 4.79 Å². The lowest BCUT2D eigenvalue weighted by Gasteiger charge is -2.16. The van der Waals surface area contributed by atoms with Gasteiger partial charge in [0.2, 0.25) is 0 Å². The molecular weight excluding hydrogens is 282 g/mol. The first-order valence-corrected chi connectivity index (χ1v) is 7.45. The fourth-order valence-electron chi connectivity index (χ4n) is 2.90. The maximum absolute atomic E-state index is 12.0. The zero-order valence-electron chi connectivity index (χ0n) is 12.2. The lowest BCUT2D eigenvalue weighted by atomic mass is 10.1. The standard InChI is InChI=1S/C16H19N3O3/c20-15(21)12-6-8-19(10-12)16(22)17-7-5-11-9-18-14-4-2-1-3-13(11)14/h1-4,9,12,18H,5-8,10H2,(H,17,22)(H,20,21). The third-order valence-corrected chi connectivity index (χ3v) is 4.17. The van der Waals surface area contributed by atoms with Crippen molar-refractivity contribution in [3.63, 3.8) is 0 Å². The molecule has 0 saturated carbocycles. The summed E-state index contributed by atoms with van der Waals surface area (Å²) >= 11 is 0. The minimum atomic E-state index is -0.825. The average molecular weight is 301 g/mol. The number of H-pyrrole nitrogens is 1. The lowest BCUT2D eigenvalue weighted by molar-refractivity contribution is -0.141. The highest BCUT2D eigenvalue weighted by Gasteiger charge is 2.30. The number of nitrogens with zero attached hydrogens (tertiary/aromatic N) is 1. The number of aromatic amines is 1. The van der Waals surface area contributed by atoms with Crippen LogP contribution < -0.4 is 5.32 Å². The number of hydrogen-bond acceptors (Lipinski definition) is 2. The van der Waals surface area contributed by atoms with Crippen LogP contribution in [0.25, 0.3) is 10.9 Å². The molecule has 1 aliphatic heterocycles. The molecule has 1 aromatic heterocycles. The van der Waals surface area contributed by atoms with Gasteiger partial charge in [0.25, 0.3) is 0 Å². The Morgan fingerprint density at radius 2 is 2.18 bits per heavy atom. The quantitative estimate of drug-likeness (QED) is 0.805. The van der Waals surface area contributed by atoms with Crippen LogP contribution in [0.5, 0.6) is 0 Å². The van der Waals surface area contributed by atoms with E-state index in [0.29, 0.717) is 26.1 Å². The molecule has 2 heterocycles. The van der Waals surface area contributed by atoms with Crippen molar-refractivity contribution in [1.82, 2.24) is 15.2 Å². The van der Waals surface area contributed by atoms with Crippen molar-refractivity contribution >= 4 is 22.9 Å². The number of nitrogens with one attached hydrogen (secondary N) is 2. The summed E-state index contributed by atoms with van der Waals surface area (Å²) in [7, 11) is 0. The number of likely N-dealkylation sites (tertiary alicyclic amines) is 1. The molecule has 0 spiro atoms. The Bertz CT molecular complexity index is 695. The number of carbonyl (C=O) groups is 2. The summed E-state index contributed by atoms with van der Waals surface area (Å²) in [6.07, 6.45) is 3.24. The molecule has 0 radical (unpaired) electrons. The predicted molar refractivity (Wildman–Crippen MR) is 82.7 cm³/mol. The van der Waals surface area contributed by atoms with E-state index in [1.54, 1.807) is 4.90 Å². The number of fused-ring (bicyclic) bond motifs is 1. The van der Waals surface area contributed by atoms with Gasteiger partial charge in [0.15, 0.2) is 0 Å². The average Bonchev–Trinajstić information content (AvgIpc) is 3.14. The second-order valence-corrected chi connectivity index (χ2v) is 5.61. The number of carbonyl (C=O) groups excluding carboxylic acids is 1. The normalized spacial score (nSPS) is 17.8. The van der Waals surface area contributed by atoms with Crippen LogP contribution in [0.4, 0.5) is 4.79 Å². The SMILES string of the molecule is O=C(O)C1CCN(C(=O)NCCc2c[nH]c3ccccc23)C1. The van der Waals surface area contributed by atoms with Crippen LogP contribution in [0.3, 0.4) is 0 Å². The van der Waals surface area contributed by atoms with E-state index in [4.69, 9.17) is 5.11 Å². The monoisotopic (exact) mass is 301 g/mol. The fraction of sp³-hybridized carbons (Fsp3) is 0.375. The molecule has 6 heteroatoms. The van der Waals surface area contributed by atoms with Gasteiger partial charge in [-0.05, 0) is 24.5 Å². The third kappa shape index (κ3) is 2.90. The first-order chi connectivity index (χ1) is 10.6. The molecule has 6 nitrogen and oxygen atoms in total. The van der Waals surface area contributed by atoms with Crippen molar-refractivity contribution in [2.75, 3.05) is 19.6 Å². The van der Waals surface area contributed by atoms with E-state index in [9.17, 15) is 9.59 Å². The van der Waals surface area contributed by atoms with E-state index >= 15 is 0 Å². The smallest absolute Gasteiger partial charge is 0.317 e. The summed E-state index contributed by atoms with van der Waals surface area (Å²) in [5, 5.41) is 13.0. The third-order valence-electron chi connectivity index (χ3n) is 4.17. The van der Waals surface area contributed by atoms with E-state index < -0.39 is 11.9 Å². The molecule has 1 unspecified atom stereocenters. The maximum Gasteiger partial charge on any atom is 0.317 e. The molecule has 116 valence electrons. The van der Waals surface area contributed by atoms with Gasteiger partial charge in [0, 0.05) is 36.7 Å². The first-order valence-electron chi connectivity index (χ1n) is 7.45. The molecule has 2 amide bonds. The maximum atomic E-state index is 12.0. The second kappa shape index (κ2) is 6.09. The van der Waals surface area contributed by atoms with Crippen molar-refractivity contribution in [2.24, 2.45) is 5.92 Å². The Labute approximate surface area is 128 Å². The molecule has 2 aromatic rings. The second-order valence-electron chi connectivity index (χ2n) is 5.61. The van der Waals surface area contributed by atoms with Crippen LogP contribution in [0.2, 0.25) is 0 Å². The van der Waals surface area contributed by atoms with Gasteiger partial charge >= 0.3 is 12.0 Å². The minimum Gasteiger partial charge on any atom is -0.481 e. The van der Waals surface area contributed by atoms with Gasteiger partial charge in [-0.1, -0.05) is 18.2 Å². The van der Waals surface area contributed by atoms with E-state index in [2.05, 4.69) is 16.4 Å². The van der Waals surface area contributed by atoms with Crippen molar-refractivity contribution < 1.29 is 14.7 Å². The van der Waals surface area contributed by atoms with E-state index in [1.807, 2.05) is 24.4 Å². The number of amides is 2. The molecule has 1 fully saturated rings. The van der Waals surface area contributed by atoms with Crippen molar-refractivity contribution in [1.29, 1.82) is 0 Å². The van der Waals surface area contributed by atoms with Gasteiger partial charge in [-0.15, -0.1) is 0 Å². The molecular formula is C16H19N3O3. The molecule has 1 aromatic carbocycles. The molecule has 1 atom stereocenters. The van der Waals surface area contributed by atoms with Gasteiger partial charge in [-0.25, -0.2) is 4.79 Å². The van der Waals surface area contributed by atoms with Crippen LogP contribution in [-0.2, 0) is 11.2 Å². The van der Waals surface area contributed by atoms with E-state index in [0.717, 1.165) is 11.9 Å². The topological polar surface area (TPSA) is 85.4 Å². The molecule has 3 N–H and O–H groups in total. The van der Waals surface area contributed by atoms with Gasteiger partial charge in [0.05, 0.1) is 5.92 Å². The Hall–Kier alpha value is -2.50. The van der Waals surface area contributed by atoms with Crippen LogP contribution in [-0.4, -0.2) is 46.6 Å². The fourth-order valence-corrected chi connectivity index (χ4v) is 2.90. The Morgan fingerprint density at radius 1 is 1.36 bits per heavy atom. The summed E-state index contributed by atoms with van der Waals surface area (Å²) in [5.41, 5.74) is 2.26. The number of carboxylic acid groups (broad SMARTS) is 1. The van der Waals surface area contributed by atoms with Crippen LogP contribution in [0.1, 0.15) is 12.0 Å². The largest absolute Gasteiger partial charge is 0.481 e. The summed E-state index contributed by atoms with van der Waals surface area (Å²) in [6.45, 7) is 1.35. The number of para-hydroxylation sites is 1. The molecule has 0 bridgehead atoms. The number of aromatic nitrogens is 1. The van der Waals surface area contributed by atoms with E-state index in [1.165, 1.54) is 10.9 Å². The number of carboxylic acids is 1. The van der Waals surface area contributed by atoms with Crippen LogP contribution >= 0.6 is 0 Å². The highest BCUT2D eigenvalue weighted by Crippen LogP contribution is 2.18. The first kappa shape index (κ1) is 14.4. The van der Waals surface area contributed by atoms with Gasteiger partial charge in [-0.2, -0.15) is 0 Å². The number of aliphatic carboxylic acids is 1. The van der Waals surface area contributed by atoms with E-state index in [-0.39, 0.29) is 6.03 Å². The Kier molecular flexibility index (Phi) is 4.00. The lowest BCUT2D eigenvalue weighted by Crippen LogP contribution is -2.39. The Morgan fingerprint density at radius 3 is 2.95 bits per heavy atom. The number of urea groups is 1. The molecule has 0 aliphatic carbocycles. The van der Waals surface area contributed by atoms with Crippen LogP contribution in [0, 0.1) is 5.92 Å². The number of benzene rings is 1. The molecule has 22 heavy (non-hydrogen) atoms. The zero-order valence-corrected chi connectivity index (χ0v) is 12.2. The number of rotatable bonds is 4. The van der Waals surface area contributed by atoms with Gasteiger partial charge in [0.1, 0.15) is 0 Å². The van der Waals surface area contributed by atoms with Gasteiger partial charge < -0.3 is 20.3 Å². The summed E-state index contributed by atoms with van der Waals surface area (Å²) in [5.74, 6) is -1.26. The summed E-state index contributed by atoms with van der Waals surface area (Å²) in [6, 6.07) is 7.88. The van der Waals surface area contributed by atoms with Crippen molar-refractivity contribution in [2.45, 2.75) is 12.8 Å². The predicted octanol–water partition coefficient (Wildman–Crippen LogP) is 1.83. The summed E-state index contributed by atoms with van der Waals surface area (Å²) < 4.78 is 0. The molecule has 3 rings (SSSR count). The Balaban J connectivity index is 1.51. The minimum absolute atomic E-state index is 0.177. The molecule has 1 aliphatic rings. The van der Waals surface area contributed by atoms with Crippen LogP contribution in [0.15, 0.2) is 30.5 Å². The highest BCUT2D eigenvalue weighted by molar-refractivity contribution is 5.83. The van der Waals surface area contributed by atoms with Crippen molar-refractivity contribution in [3.05, 3.63) is 36.0 Å². The van der Waals surface area contributed by atoms with Crippen molar-refractivity contribution in [3.8, 4) is 0 Å².